The molecular formula is C21H24FN3O3. The molecular weight excluding hydrogens is 361 g/mol. The summed E-state index contributed by atoms with van der Waals surface area (Å²) in [6.07, 6.45) is 1.63. The summed E-state index contributed by atoms with van der Waals surface area (Å²) in [6.45, 7) is 1.80. The van der Waals surface area contributed by atoms with Gasteiger partial charge in [0.05, 0.1) is 0 Å². The SMILES string of the molecule is O=C(COc1ccccc1)NCC1CCN(C(=O)Nc2ccc(F)cc2)CC1. The summed E-state index contributed by atoms with van der Waals surface area (Å²) >= 11 is 0. The Morgan fingerprint density at radius 1 is 1.04 bits per heavy atom. The van der Waals surface area contributed by atoms with Crippen LogP contribution in [-0.2, 0) is 4.79 Å². The number of nitrogens with zero attached hydrogens (tertiary/aromatic N) is 1. The van der Waals surface area contributed by atoms with E-state index in [2.05, 4.69) is 10.6 Å². The van der Waals surface area contributed by atoms with E-state index < -0.39 is 0 Å². The van der Waals surface area contributed by atoms with Gasteiger partial charge in [-0.2, -0.15) is 0 Å². The van der Waals surface area contributed by atoms with E-state index in [1.807, 2.05) is 18.2 Å². The predicted molar refractivity (Wildman–Crippen MR) is 105 cm³/mol. The Kier molecular flexibility index (Phi) is 6.84. The number of urea groups is 1. The van der Waals surface area contributed by atoms with Gasteiger partial charge < -0.3 is 20.3 Å². The molecule has 0 saturated carbocycles. The van der Waals surface area contributed by atoms with Crippen LogP contribution in [0.15, 0.2) is 54.6 Å². The van der Waals surface area contributed by atoms with Gasteiger partial charge in [0.2, 0.25) is 0 Å². The van der Waals surface area contributed by atoms with Crippen molar-refractivity contribution in [2.75, 3.05) is 31.6 Å². The largest absolute Gasteiger partial charge is 0.484 e. The van der Waals surface area contributed by atoms with Gasteiger partial charge in [-0.25, -0.2) is 9.18 Å². The maximum absolute atomic E-state index is 12.9. The highest BCUT2D eigenvalue weighted by atomic mass is 19.1. The van der Waals surface area contributed by atoms with Crippen molar-refractivity contribution in [3.63, 3.8) is 0 Å². The van der Waals surface area contributed by atoms with Crippen LogP contribution < -0.4 is 15.4 Å². The zero-order valence-electron chi connectivity index (χ0n) is 15.6. The molecule has 148 valence electrons. The second-order valence-electron chi connectivity index (χ2n) is 6.77. The zero-order valence-corrected chi connectivity index (χ0v) is 15.6. The number of rotatable bonds is 6. The van der Waals surface area contributed by atoms with Crippen molar-refractivity contribution in [3.8, 4) is 5.75 Å². The average molecular weight is 385 g/mol. The predicted octanol–water partition coefficient (Wildman–Crippen LogP) is 3.26. The van der Waals surface area contributed by atoms with E-state index in [0.29, 0.717) is 37.0 Å². The third kappa shape index (κ3) is 5.97. The molecule has 6 nitrogen and oxygen atoms in total. The van der Waals surface area contributed by atoms with Crippen molar-refractivity contribution in [3.05, 3.63) is 60.4 Å². The van der Waals surface area contributed by atoms with Crippen molar-refractivity contribution in [2.45, 2.75) is 12.8 Å². The van der Waals surface area contributed by atoms with Gasteiger partial charge in [0.1, 0.15) is 11.6 Å². The van der Waals surface area contributed by atoms with Crippen molar-refractivity contribution in [1.29, 1.82) is 0 Å². The third-order valence-corrected chi connectivity index (χ3v) is 4.70. The molecule has 0 aromatic heterocycles. The van der Waals surface area contributed by atoms with Crippen LogP contribution in [0, 0.1) is 11.7 Å². The minimum atomic E-state index is -0.338. The molecule has 7 heteroatoms. The number of ether oxygens (including phenoxy) is 1. The van der Waals surface area contributed by atoms with Gasteiger partial charge in [0.15, 0.2) is 6.61 Å². The van der Waals surface area contributed by atoms with Crippen LogP contribution >= 0.6 is 0 Å². The quantitative estimate of drug-likeness (QED) is 0.802. The topological polar surface area (TPSA) is 70.7 Å². The molecule has 1 saturated heterocycles. The van der Waals surface area contributed by atoms with E-state index in [1.165, 1.54) is 24.3 Å². The number of para-hydroxylation sites is 1. The summed E-state index contributed by atoms with van der Waals surface area (Å²) in [5, 5.41) is 5.66. The lowest BCUT2D eigenvalue weighted by Crippen LogP contribution is -2.43. The van der Waals surface area contributed by atoms with Crippen molar-refractivity contribution in [2.24, 2.45) is 5.92 Å². The van der Waals surface area contributed by atoms with Gasteiger partial charge in [-0.05, 0) is 55.2 Å². The number of carbonyl (C=O) groups excluding carboxylic acids is 2. The second kappa shape index (κ2) is 9.73. The monoisotopic (exact) mass is 385 g/mol. The lowest BCUT2D eigenvalue weighted by molar-refractivity contribution is -0.123. The Bertz CT molecular complexity index is 775. The number of benzene rings is 2. The summed E-state index contributed by atoms with van der Waals surface area (Å²) in [4.78, 5) is 25.9. The average Bonchev–Trinajstić information content (AvgIpc) is 2.73. The highest BCUT2D eigenvalue weighted by molar-refractivity contribution is 5.89. The molecule has 28 heavy (non-hydrogen) atoms. The van der Waals surface area contributed by atoms with E-state index in [9.17, 15) is 14.0 Å². The lowest BCUT2D eigenvalue weighted by atomic mass is 9.97. The highest BCUT2D eigenvalue weighted by Gasteiger charge is 2.23. The van der Waals surface area contributed by atoms with Crippen LogP contribution in [0.2, 0.25) is 0 Å². The molecule has 0 atom stereocenters. The molecule has 0 unspecified atom stereocenters. The van der Waals surface area contributed by atoms with E-state index in [4.69, 9.17) is 4.74 Å². The second-order valence-corrected chi connectivity index (χ2v) is 6.77. The number of likely N-dealkylation sites (tertiary alicyclic amines) is 1. The Balaban J connectivity index is 1.34. The smallest absolute Gasteiger partial charge is 0.321 e. The van der Waals surface area contributed by atoms with Crippen molar-refractivity contribution < 1.29 is 18.7 Å². The van der Waals surface area contributed by atoms with Gasteiger partial charge in [0, 0.05) is 25.3 Å². The fraction of sp³-hybridized carbons (Fsp3) is 0.333. The summed E-state index contributed by atoms with van der Waals surface area (Å²) in [7, 11) is 0. The van der Waals surface area contributed by atoms with Crippen LogP contribution in [0.5, 0.6) is 5.75 Å². The Morgan fingerprint density at radius 2 is 1.71 bits per heavy atom. The fourth-order valence-corrected chi connectivity index (χ4v) is 3.05. The summed E-state index contributed by atoms with van der Waals surface area (Å²) < 4.78 is 18.3. The fourth-order valence-electron chi connectivity index (χ4n) is 3.05. The first kappa shape index (κ1) is 19.7. The van der Waals surface area contributed by atoms with E-state index >= 15 is 0 Å². The number of amides is 3. The first-order valence-corrected chi connectivity index (χ1v) is 9.36. The number of piperidine rings is 1. The molecule has 0 spiro atoms. The van der Waals surface area contributed by atoms with Crippen LogP contribution in [0.25, 0.3) is 0 Å². The van der Waals surface area contributed by atoms with Crippen LogP contribution in [0.4, 0.5) is 14.9 Å². The highest BCUT2D eigenvalue weighted by Crippen LogP contribution is 2.18. The minimum Gasteiger partial charge on any atom is -0.484 e. The maximum atomic E-state index is 12.9. The summed E-state index contributed by atoms with van der Waals surface area (Å²) in [5.41, 5.74) is 0.569. The molecule has 2 aromatic rings. The van der Waals surface area contributed by atoms with Crippen molar-refractivity contribution in [1.82, 2.24) is 10.2 Å². The molecule has 0 aliphatic carbocycles. The molecule has 0 bridgehead atoms. The van der Waals surface area contributed by atoms with E-state index in [-0.39, 0.29) is 24.4 Å². The molecule has 3 amide bonds. The molecule has 0 radical (unpaired) electrons. The standard InChI is InChI=1S/C21H24FN3O3/c22-17-6-8-18(9-7-17)24-21(27)25-12-10-16(11-13-25)14-23-20(26)15-28-19-4-2-1-3-5-19/h1-9,16H,10-15H2,(H,23,26)(H,24,27). The number of nitrogens with one attached hydrogen (secondary N) is 2. The number of carbonyl (C=O) groups is 2. The zero-order chi connectivity index (χ0) is 19.8. The van der Waals surface area contributed by atoms with E-state index in [1.54, 1.807) is 17.0 Å². The van der Waals surface area contributed by atoms with Gasteiger partial charge >= 0.3 is 6.03 Å². The van der Waals surface area contributed by atoms with Crippen LogP contribution in [0.3, 0.4) is 0 Å². The third-order valence-electron chi connectivity index (χ3n) is 4.70. The summed E-state index contributed by atoms with van der Waals surface area (Å²) in [5.74, 6) is 0.504. The Labute approximate surface area is 163 Å². The van der Waals surface area contributed by atoms with Gasteiger partial charge in [0.25, 0.3) is 5.91 Å². The molecule has 2 aromatic carbocycles. The van der Waals surface area contributed by atoms with Gasteiger partial charge in [-0.3, -0.25) is 4.79 Å². The molecule has 1 aliphatic heterocycles. The number of hydrogen-bond donors (Lipinski definition) is 2. The number of hydrogen-bond acceptors (Lipinski definition) is 3. The molecule has 1 fully saturated rings. The lowest BCUT2D eigenvalue weighted by Gasteiger charge is -2.32. The van der Waals surface area contributed by atoms with E-state index in [0.717, 1.165) is 12.8 Å². The van der Waals surface area contributed by atoms with Crippen LogP contribution in [0.1, 0.15) is 12.8 Å². The number of anilines is 1. The normalized spacial score (nSPS) is 14.4. The molecule has 1 aliphatic rings. The molecule has 2 N–H and O–H groups in total. The Morgan fingerprint density at radius 3 is 2.39 bits per heavy atom. The number of halogens is 1. The first-order valence-electron chi connectivity index (χ1n) is 9.36. The minimum absolute atomic E-state index is 0.0110. The van der Waals surface area contributed by atoms with Crippen LogP contribution in [-0.4, -0.2) is 43.1 Å². The first-order chi connectivity index (χ1) is 13.6. The van der Waals surface area contributed by atoms with Crippen molar-refractivity contribution >= 4 is 17.6 Å². The summed E-state index contributed by atoms with van der Waals surface area (Å²) in [6, 6.07) is 14.7. The van der Waals surface area contributed by atoms with Gasteiger partial charge in [-0.1, -0.05) is 18.2 Å². The van der Waals surface area contributed by atoms with Gasteiger partial charge in [-0.15, -0.1) is 0 Å². The Hall–Kier alpha value is -3.09. The maximum Gasteiger partial charge on any atom is 0.321 e. The molecule has 1 heterocycles. The molecule has 3 rings (SSSR count).